The molecule has 0 heterocycles. The number of carbonyl (C=O) groups excluding carboxylic acids is 1. The molecule has 4 N–H and O–H groups in total. The number of primary amides is 1. The molecular formula is C10H14N4O5S. The number of nitrogens with zero attached hydrogens (tertiary/aromatic N) is 1. The fraction of sp³-hybridized carbons (Fsp3) is 0.300. The highest BCUT2D eigenvalue weighted by atomic mass is 32.2. The lowest BCUT2D eigenvalue weighted by Crippen LogP contribution is -2.42. The molecule has 0 radical (unpaired) electrons. The van der Waals surface area contributed by atoms with Gasteiger partial charge in [0.2, 0.25) is 15.9 Å². The SMILES string of the molecule is CNc1cc([N+](=O)[O-])ccc1S(=O)(=O)NC(C)C(N)=O. The number of hydrogen-bond donors (Lipinski definition) is 3. The fourth-order valence-electron chi connectivity index (χ4n) is 1.42. The molecule has 0 fully saturated rings. The molecule has 0 aliphatic rings. The number of non-ortho nitro benzene ring substituents is 1. The van der Waals surface area contributed by atoms with Crippen molar-refractivity contribution in [3.63, 3.8) is 0 Å². The van der Waals surface area contributed by atoms with Crippen LogP contribution in [0.25, 0.3) is 0 Å². The van der Waals surface area contributed by atoms with Crippen molar-refractivity contribution in [1.82, 2.24) is 4.72 Å². The quantitative estimate of drug-likeness (QED) is 0.489. The molecule has 1 unspecified atom stereocenters. The first-order valence-electron chi connectivity index (χ1n) is 5.47. The zero-order valence-corrected chi connectivity index (χ0v) is 11.6. The second-order valence-corrected chi connectivity index (χ2v) is 5.62. The minimum atomic E-state index is -4.03. The van der Waals surface area contributed by atoms with Crippen LogP contribution in [0.15, 0.2) is 23.1 Å². The van der Waals surface area contributed by atoms with Gasteiger partial charge in [-0.1, -0.05) is 0 Å². The highest BCUT2D eigenvalue weighted by molar-refractivity contribution is 7.89. The molecule has 20 heavy (non-hydrogen) atoms. The Morgan fingerprint density at radius 1 is 1.45 bits per heavy atom. The molecule has 0 aliphatic heterocycles. The molecule has 0 aromatic heterocycles. The first kappa shape index (κ1) is 15.9. The molecule has 1 atom stereocenters. The summed E-state index contributed by atoms with van der Waals surface area (Å²) in [6.07, 6.45) is 0. The average Bonchev–Trinajstić information content (AvgIpc) is 2.37. The van der Waals surface area contributed by atoms with Crippen LogP contribution < -0.4 is 15.8 Å². The van der Waals surface area contributed by atoms with E-state index >= 15 is 0 Å². The fourth-order valence-corrected chi connectivity index (χ4v) is 2.82. The molecular weight excluding hydrogens is 288 g/mol. The highest BCUT2D eigenvalue weighted by Gasteiger charge is 2.24. The van der Waals surface area contributed by atoms with Gasteiger partial charge in [0.15, 0.2) is 0 Å². The van der Waals surface area contributed by atoms with Crippen molar-refractivity contribution in [3.8, 4) is 0 Å². The Balaban J connectivity index is 3.25. The minimum Gasteiger partial charge on any atom is -0.387 e. The molecule has 10 heteroatoms. The van der Waals surface area contributed by atoms with E-state index in [1.807, 2.05) is 0 Å². The lowest BCUT2D eigenvalue weighted by atomic mass is 10.3. The number of nitro groups is 1. The third-order valence-electron chi connectivity index (χ3n) is 2.49. The van der Waals surface area contributed by atoms with Gasteiger partial charge in [-0.05, 0) is 13.0 Å². The summed E-state index contributed by atoms with van der Waals surface area (Å²) >= 11 is 0. The van der Waals surface area contributed by atoms with Crippen LogP contribution in [0.1, 0.15) is 6.92 Å². The molecule has 110 valence electrons. The maximum atomic E-state index is 12.1. The summed E-state index contributed by atoms with van der Waals surface area (Å²) in [6.45, 7) is 1.30. The van der Waals surface area contributed by atoms with Crippen molar-refractivity contribution < 1.29 is 18.1 Å². The van der Waals surface area contributed by atoms with E-state index in [-0.39, 0.29) is 16.3 Å². The molecule has 0 saturated heterocycles. The smallest absolute Gasteiger partial charge is 0.271 e. The Bertz CT molecular complexity index is 643. The van der Waals surface area contributed by atoms with Crippen molar-refractivity contribution in [3.05, 3.63) is 28.3 Å². The number of sulfonamides is 1. The zero-order chi connectivity index (χ0) is 15.5. The van der Waals surface area contributed by atoms with Gasteiger partial charge < -0.3 is 11.1 Å². The van der Waals surface area contributed by atoms with Crippen LogP contribution in [-0.2, 0) is 14.8 Å². The van der Waals surface area contributed by atoms with Crippen LogP contribution in [0, 0.1) is 10.1 Å². The summed E-state index contributed by atoms with van der Waals surface area (Å²) in [5.74, 6) is -0.832. The average molecular weight is 302 g/mol. The molecule has 1 rings (SSSR count). The second kappa shape index (κ2) is 5.84. The standard InChI is InChI=1S/C10H14N4O5S/c1-6(10(11)15)13-20(18,19)9-4-3-7(14(16)17)5-8(9)12-2/h3-6,12-13H,1-2H3,(H2,11,15). The van der Waals surface area contributed by atoms with Crippen LogP contribution in [0.5, 0.6) is 0 Å². The molecule has 1 aromatic carbocycles. The summed E-state index contributed by atoms with van der Waals surface area (Å²) in [7, 11) is -2.60. The lowest BCUT2D eigenvalue weighted by molar-refractivity contribution is -0.384. The Morgan fingerprint density at radius 2 is 2.05 bits per heavy atom. The third-order valence-corrected chi connectivity index (χ3v) is 4.09. The normalized spacial score (nSPS) is 12.7. The molecule has 0 aliphatic carbocycles. The number of benzene rings is 1. The number of nitrogens with two attached hydrogens (primary N) is 1. The predicted molar refractivity (Wildman–Crippen MR) is 71.6 cm³/mol. The van der Waals surface area contributed by atoms with Crippen molar-refractivity contribution >= 4 is 27.3 Å². The minimum absolute atomic E-state index is 0.0448. The molecule has 9 nitrogen and oxygen atoms in total. The monoisotopic (exact) mass is 302 g/mol. The lowest BCUT2D eigenvalue weighted by Gasteiger charge is -2.13. The molecule has 0 saturated carbocycles. The van der Waals surface area contributed by atoms with Gasteiger partial charge in [0, 0.05) is 19.2 Å². The zero-order valence-electron chi connectivity index (χ0n) is 10.8. The Hall–Kier alpha value is -2.20. The first-order valence-corrected chi connectivity index (χ1v) is 6.95. The van der Waals surface area contributed by atoms with Gasteiger partial charge >= 0.3 is 0 Å². The molecule has 1 amide bonds. The summed E-state index contributed by atoms with van der Waals surface area (Å²) in [5.41, 5.74) is 4.78. The molecule has 1 aromatic rings. The molecule has 0 bridgehead atoms. The predicted octanol–water partition coefficient (Wildman–Crippen LogP) is -0.211. The highest BCUT2D eigenvalue weighted by Crippen LogP contribution is 2.26. The van der Waals surface area contributed by atoms with Crippen LogP contribution in [0.4, 0.5) is 11.4 Å². The van der Waals surface area contributed by atoms with Gasteiger partial charge in [-0.3, -0.25) is 14.9 Å². The van der Waals surface area contributed by atoms with E-state index < -0.39 is 26.9 Å². The van der Waals surface area contributed by atoms with Gasteiger partial charge in [-0.2, -0.15) is 4.72 Å². The van der Waals surface area contributed by atoms with Crippen molar-refractivity contribution in [2.45, 2.75) is 17.9 Å². The Morgan fingerprint density at radius 3 is 2.50 bits per heavy atom. The Labute approximate surface area is 115 Å². The topological polar surface area (TPSA) is 144 Å². The van der Waals surface area contributed by atoms with Crippen LogP contribution in [-0.4, -0.2) is 32.3 Å². The number of anilines is 1. The van der Waals surface area contributed by atoms with Gasteiger partial charge in [0.25, 0.3) is 5.69 Å². The third kappa shape index (κ3) is 3.42. The summed E-state index contributed by atoms with van der Waals surface area (Å²) in [5, 5.41) is 13.2. The van der Waals surface area contributed by atoms with Gasteiger partial charge in [0.1, 0.15) is 4.90 Å². The van der Waals surface area contributed by atoms with E-state index in [0.717, 1.165) is 18.2 Å². The summed E-state index contributed by atoms with van der Waals surface area (Å²) in [6, 6.07) is 2.13. The van der Waals surface area contributed by atoms with Crippen molar-refractivity contribution in [2.75, 3.05) is 12.4 Å². The van der Waals surface area contributed by atoms with E-state index in [1.54, 1.807) is 0 Å². The van der Waals surface area contributed by atoms with Crippen molar-refractivity contribution in [1.29, 1.82) is 0 Å². The number of hydrogen-bond acceptors (Lipinski definition) is 6. The number of amides is 1. The first-order chi connectivity index (χ1) is 9.19. The van der Waals surface area contributed by atoms with E-state index in [2.05, 4.69) is 10.0 Å². The number of carbonyl (C=O) groups is 1. The van der Waals surface area contributed by atoms with Crippen LogP contribution >= 0.6 is 0 Å². The van der Waals surface area contributed by atoms with E-state index in [1.165, 1.54) is 14.0 Å². The second-order valence-electron chi connectivity index (χ2n) is 3.93. The van der Waals surface area contributed by atoms with E-state index in [0.29, 0.717) is 0 Å². The summed E-state index contributed by atoms with van der Waals surface area (Å²) < 4.78 is 26.2. The van der Waals surface area contributed by atoms with E-state index in [9.17, 15) is 23.3 Å². The maximum absolute atomic E-state index is 12.1. The van der Waals surface area contributed by atoms with Crippen LogP contribution in [0.3, 0.4) is 0 Å². The number of nitrogens with one attached hydrogen (secondary N) is 2. The van der Waals surface area contributed by atoms with E-state index in [4.69, 9.17) is 5.73 Å². The van der Waals surface area contributed by atoms with Gasteiger partial charge in [0.05, 0.1) is 16.7 Å². The Kier molecular flexibility index (Phi) is 4.63. The van der Waals surface area contributed by atoms with Crippen molar-refractivity contribution in [2.24, 2.45) is 5.73 Å². The van der Waals surface area contributed by atoms with Crippen LogP contribution in [0.2, 0.25) is 0 Å². The number of rotatable bonds is 6. The van der Waals surface area contributed by atoms with Gasteiger partial charge in [-0.15, -0.1) is 0 Å². The summed E-state index contributed by atoms with van der Waals surface area (Å²) in [4.78, 5) is 20.7. The maximum Gasteiger partial charge on any atom is 0.271 e. The van der Waals surface area contributed by atoms with Gasteiger partial charge in [-0.25, -0.2) is 8.42 Å². The largest absolute Gasteiger partial charge is 0.387 e. The number of nitro benzene ring substituents is 1. The molecule has 0 spiro atoms.